The molecule has 0 radical (unpaired) electrons. The topological polar surface area (TPSA) is 64.7 Å². The van der Waals surface area contributed by atoms with Crippen LogP contribution in [0.3, 0.4) is 0 Å². The fraction of sp³-hybridized carbons (Fsp3) is 0. The highest BCUT2D eigenvalue weighted by atomic mass is 19.1. The highest BCUT2D eigenvalue weighted by Crippen LogP contribution is 2.18. The van der Waals surface area contributed by atoms with Gasteiger partial charge in [0.2, 0.25) is 0 Å². The lowest BCUT2D eigenvalue weighted by Crippen LogP contribution is -1.96. The Labute approximate surface area is 79.7 Å². The number of hydrogen-bond donors (Lipinski definition) is 1. The molecule has 0 bridgehead atoms. The quantitative estimate of drug-likeness (QED) is 0.735. The van der Waals surface area contributed by atoms with E-state index in [2.05, 4.69) is 15.0 Å². The number of nitrogens with two attached hydrogens (primary N) is 1. The summed E-state index contributed by atoms with van der Waals surface area (Å²) in [5.41, 5.74) is 6.21. The summed E-state index contributed by atoms with van der Waals surface area (Å²) in [7, 11) is 0. The van der Waals surface area contributed by atoms with Gasteiger partial charge in [0, 0.05) is 6.20 Å². The molecule has 0 atom stereocenters. The van der Waals surface area contributed by atoms with Gasteiger partial charge in [0.1, 0.15) is 5.82 Å². The van der Waals surface area contributed by atoms with Crippen LogP contribution in [0.4, 0.5) is 10.2 Å². The number of aromatic nitrogens is 3. The van der Waals surface area contributed by atoms with Crippen LogP contribution >= 0.6 is 0 Å². The molecule has 0 saturated heterocycles. The van der Waals surface area contributed by atoms with Crippen molar-refractivity contribution < 1.29 is 4.39 Å². The molecule has 0 aliphatic heterocycles. The van der Waals surface area contributed by atoms with Crippen LogP contribution in [-0.2, 0) is 0 Å². The lowest BCUT2D eigenvalue weighted by molar-refractivity contribution is 0.614. The zero-order valence-corrected chi connectivity index (χ0v) is 7.18. The van der Waals surface area contributed by atoms with Crippen molar-refractivity contribution in [2.75, 3.05) is 5.73 Å². The second-order valence-electron chi connectivity index (χ2n) is 2.66. The van der Waals surface area contributed by atoms with E-state index in [1.807, 2.05) is 0 Å². The third-order valence-corrected chi connectivity index (χ3v) is 1.70. The summed E-state index contributed by atoms with van der Waals surface area (Å²) in [6.45, 7) is 0. The van der Waals surface area contributed by atoms with E-state index >= 15 is 0 Å². The monoisotopic (exact) mass is 190 g/mol. The molecule has 2 aromatic rings. The summed E-state index contributed by atoms with van der Waals surface area (Å²) in [6, 6.07) is 3.45. The summed E-state index contributed by atoms with van der Waals surface area (Å²) in [6.07, 6.45) is 3.76. The van der Waals surface area contributed by atoms with Crippen LogP contribution in [0.2, 0.25) is 0 Å². The molecule has 0 aliphatic rings. The summed E-state index contributed by atoms with van der Waals surface area (Å²) < 4.78 is 12.5. The van der Waals surface area contributed by atoms with Crippen molar-refractivity contribution in [2.45, 2.75) is 0 Å². The van der Waals surface area contributed by atoms with Gasteiger partial charge < -0.3 is 5.73 Å². The fourth-order valence-corrected chi connectivity index (χ4v) is 1.06. The molecule has 0 aliphatic carbocycles. The van der Waals surface area contributed by atoms with Crippen LogP contribution in [0.5, 0.6) is 0 Å². The number of anilines is 1. The molecule has 2 N–H and O–H groups in total. The average Bonchev–Trinajstić information content (AvgIpc) is 2.20. The SMILES string of the molecule is Nc1ncccc1-c1ncc(F)cn1. The molecule has 0 amide bonds. The molecule has 0 spiro atoms. The first kappa shape index (κ1) is 8.55. The lowest BCUT2D eigenvalue weighted by Gasteiger charge is -2.01. The van der Waals surface area contributed by atoms with Gasteiger partial charge in [-0.05, 0) is 12.1 Å². The van der Waals surface area contributed by atoms with E-state index in [1.165, 1.54) is 0 Å². The zero-order valence-electron chi connectivity index (χ0n) is 7.18. The maximum atomic E-state index is 12.5. The number of nitrogens with zero attached hydrogens (tertiary/aromatic N) is 3. The number of nitrogen functional groups attached to an aromatic ring is 1. The minimum atomic E-state index is -0.476. The van der Waals surface area contributed by atoms with E-state index in [0.717, 1.165) is 12.4 Å². The zero-order chi connectivity index (χ0) is 9.97. The van der Waals surface area contributed by atoms with Crippen LogP contribution in [-0.4, -0.2) is 15.0 Å². The van der Waals surface area contributed by atoms with Gasteiger partial charge in [-0.25, -0.2) is 19.3 Å². The minimum absolute atomic E-state index is 0.333. The lowest BCUT2D eigenvalue weighted by atomic mass is 10.2. The first-order valence-corrected chi connectivity index (χ1v) is 3.96. The molecule has 2 heterocycles. The predicted octanol–water partition coefficient (Wildman–Crippen LogP) is 1.26. The van der Waals surface area contributed by atoms with E-state index in [1.54, 1.807) is 18.3 Å². The Hall–Kier alpha value is -2.04. The Kier molecular flexibility index (Phi) is 2.06. The van der Waals surface area contributed by atoms with Crippen molar-refractivity contribution in [3.05, 3.63) is 36.5 Å². The molecular formula is C9H7FN4. The molecular weight excluding hydrogens is 183 g/mol. The highest BCUT2D eigenvalue weighted by molar-refractivity contribution is 5.67. The molecule has 0 fully saturated rings. The molecule has 4 nitrogen and oxygen atoms in total. The number of hydrogen-bond acceptors (Lipinski definition) is 4. The third kappa shape index (κ3) is 1.52. The van der Waals surface area contributed by atoms with Gasteiger partial charge in [-0.15, -0.1) is 0 Å². The van der Waals surface area contributed by atoms with E-state index < -0.39 is 5.82 Å². The Morgan fingerprint density at radius 2 is 1.86 bits per heavy atom. The standard InChI is InChI=1S/C9H7FN4/c10-6-4-13-9(14-5-6)7-2-1-3-12-8(7)11/h1-5H,(H2,11,12). The van der Waals surface area contributed by atoms with Crippen LogP contribution in [0.25, 0.3) is 11.4 Å². The predicted molar refractivity (Wildman–Crippen MR) is 49.6 cm³/mol. The van der Waals surface area contributed by atoms with Crippen LogP contribution < -0.4 is 5.73 Å². The van der Waals surface area contributed by atoms with Crippen molar-refractivity contribution >= 4 is 5.82 Å². The molecule has 70 valence electrons. The molecule has 0 unspecified atom stereocenters. The van der Waals surface area contributed by atoms with Crippen molar-refractivity contribution in [3.8, 4) is 11.4 Å². The average molecular weight is 190 g/mol. The van der Waals surface area contributed by atoms with Crippen LogP contribution in [0.1, 0.15) is 0 Å². The van der Waals surface area contributed by atoms with Crippen LogP contribution in [0, 0.1) is 5.82 Å². The molecule has 0 aromatic carbocycles. The summed E-state index contributed by atoms with van der Waals surface area (Å²) >= 11 is 0. The maximum absolute atomic E-state index is 12.5. The Bertz CT molecular complexity index is 441. The second-order valence-corrected chi connectivity index (χ2v) is 2.66. The van der Waals surface area contributed by atoms with Gasteiger partial charge in [0.25, 0.3) is 0 Å². The fourth-order valence-electron chi connectivity index (χ4n) is 1.06. The first-order chi connectivity index (χ1) is 6.77. The number of pyridine rings is 1. The summed E-state index contributed by atoms with van der Waals surface area (Å²) in [4.78, 5) is 11.5. The van der Waals surface area contributed by atoms with Crippen molar-refractivity contribution in [1.29, 1.82) is 0 Å². The summed E-state index contributed by atoms with van der Waals surface area (Å²) in [5.74, 6) is 0.229. The van der Waals surface area contributed by atoms with E-state index in [4.69, 9.17) is 5.73 Å². The van der Waals surface area contributed by atoms with Crippen molar-refractivity contribution in [1.82, 2.24) is 15.0 Å². The Balaban J connectivity index is 2.50. The molecule has 2 rings (SSSR count). The van der Waals surface area contributed by atoms with Gasteiger partial charge in [-0.1, -0.05) is 0 Å². The molecule has 0 saturated carbocycles. The molecule has 5 heteroatoms. The van der Waals surface area contributed by atoms with Gasteiger partial charge >= 0.3 is 0 Å². The first-order valence-electron chi connectivity index (χ1n) is 3.96. The van der Waals surface area contributed by atoms with Crippen molar-refractivity contribution in [2.24, 2.45) is 0 Å². The minimum Gasteiger partial charge on any atom is -0.383 e. The highest BCUT2D eigenvalue weighted by Gasteiger charge is 2.05. The van der Waals surface area contributed by atoms with E-state index in [9.17, 15) is 4.39 Å². The summed E-state index contributed by atoms with van der Waals surface area (Å²) in [5, 5.41) is 0. The number of rotatable bonds is 1. The molecule has 2 aromatic heterocycles. The Morgan fingerprint density at radius 1 is 1.14 bits per heavy atom. The normalized spacial score (nSPS) is 10.1. The van der Waals surface area contributed by atoms with Gasteiger partial charge in [-0.2, -0.15) is 0 Å². The largest absolute Gasteiger partial charge is 0.383 e. The van der Waals surface area contributed by atoms with Gasteiger partial charge in [0.05, 0.1) is 18.0 Å². The third-order valence-electron chi connectivity index (χ3n) is 1.70. The maximum Gasteiger partial charge on any atom is 0.163 e. The van der Waals surface area contributed by atoms with Gasteiger partial charge in [0.15, 0.2) is 11.6 Å². The van der Waals surface area contributed by atoms with Crippen LogP contribution in [0.15, 0.2) is 30.7 Å². The molecule has 14 heavy (non-hydrogen) atoms. The Morgan fingerprint density at radius 3 is 2.50 bits per heavy atom. The smallest absolute Gasteiger partial charge is 0.163 e. The second kappa shape index (κ2) is 3.37. The van der Waals surface area contributed by atoms with E-state index in [-0.39, 0.29) is 0 Å². The van der Waals surface area contributed by atoms with Crippen molar-refractivity contribution in [3.63, 3.8) is 0 Å². The van der Waals surface area contributed by atoms with Gasteiger partial charge in [-0.3, -0.25) is 0 Å². The van der Waals surface area contributed by atoms with E-state index in [0.29, 0.717) is 17.2 Å². The number of halogens is 1.